The summed E-state index contributed by atoms with van der Waals surface area (Å²) in [6.45, 7) is 1.61. The summed E-state index contributed by atoms with van der Waals surface area (Å²) in [5.74, 6) is -0.271. The molecule has 0 aliphatic heterocycles. The van der Waals surface area contributed by atoms with Crippen LogP contribution >= 0.6 is 22.9 Å². The molecule has 0 saturated heterocycles. The number of nitrogens with zero attached hydrogens (tertiary/aromatic N) is 1. The number of carbonyl (C=O) groups is 1. The molecular weight excluding hydrogens is 339 g/mol. The van der Waals surface area contributed by atoms with Gasteiger partial charge in [0.15, 0.2) is 11.2 Å². The van der Waals surface area contributed by atoms with Gasteiger partial charge >= 0.3 is 0 Å². The average Bonchev–Trinajstić information content (AvgIpc) is 2.90. The third kappa shape index (κ3) is 3.78. The summed E-state index contributed by atoms with van der Waals surface area (Å²) in [6, 6.07) is 10.8. The summed E-state index contributed by atoms with van der Waals surface area (Å²) in [7, 11) is 0. The number of fused-ring (bicyclic) bond motifs is 1. The molecule has 1 amide bonds. The zero-order valence-electron chi connectivity index (χ0n) is 12.0. The molecule has 23 heavy (non-hydrogen) atoms. The number of aromatic nitrogens is 1. The maximum atomic E-state index is 12.8. The number of benzene rings is 2. The summed E-state index contributed by atoms with van der Waals surface area (Å²) in [5.41, 5.74) is 0.766. The van der Waals surface area contributed by atoms with Gasteiger partial charge in [0.05, 0.1) is 10.2 Å². The van der Waals surface area contributed by atoms with Gasteiger partial charge < -0.3 is 4.74 Å². The van der Waals surface area contributed by atoms with Crippen LogP contribution in [0.3, 0.4) is 0 Å². The van der Waals surface area contributed by atoms with Gasteiger partial charge in [-0.05, 0) is 49.4 Å². The number of carbonyl (C=O) groups excluding carboxylic acids is 1. The Morgan fingerprint density at radius 3 is 2.78 bits per heavy atom. The van der Waals surface area contributed by atoms with Crippen LogP contribution in [0.15, 0.2) is 42.5 Å². The molecule has 4 nitrogen and oxygen atoms in total. The molecule has 118 valence electrons. The summed E-state index contributed by atoms with van der Waals surface area (Å²) in [5, 5.41) is 3.80. The molecule has 0 fully saturated rings. The van der Waals surface area contributed by atoms with Crippen molar-refractivity contribution in [1.29, 1.82) is 0 Å². The topological polar surface area (TPSA) is 51.2 Å². The molecule has 0 aliphatic carbocycles. The second kappa shape index (κ2) is 6.52. The Morgan fingerprint density at radius 2 is 2.04 bits per heavy atom. The molecule has 1 heterocycles. The second-order valence-corrected chi connectivity index (χ2v) is 6.30. The van der Waals surface area contributed by atoms with Crippen LogP contribution in [0.5, 0.6) is 5.75 Å². The number of nitrogens with one attached hydrogen (secondary N) is 1. The highest BCUT2D eigenvalue weighted by atomic mass is 35.5. The molecule has 1 N–H and O–H groups in total. The molecule has 0 saturated carbocycles. The molecule has 1 atom stereocenters. The van der Waals surface area contributed by atoms with E-state index in [9.17, 15) is 9.18 Å². The maximum Gasteiger partial charge on any atom is 0.266 e. The first kappa shape index (κ1) is 15.7. The number of ether oxygens (including phenoxy) is 1. The van der Waals surface area contributed by atoms with E-state index in [4.69, 9.17) is 16.3 Å². The molecule has 1 aromatic heterocycles. The van der Waals surface area contributed by atoms with E-state index in [1.165, 1.54) is 35.6 Å². The first-order valence-corrected chi connectivity index (χ1v) is 8.00. The number of amides is 1. The second-order valence-electron chi connectivity index (χ2n) is 4.83. The Morgan fingerprint density at radius 1 is 1.30 bits per heavy atom. The van der Waals surface area contributed by atoms with E-state index in [0.717, 1.165) is 10.2 Å². The number of anilines is 1. The van der Waals surface area contributed by atoms with Crippen molar-refractivity contribution < 1.29 is 13.9 Å². The lowest BCUT2D eigenvalue weighted by molar-refractivity contribution is -0.122. The molecule has 3 rings (SSSR count). The number of thiazole rings is 1. The normalized spacial score (nSPS) is 12.1. The van der Waals surface area contributed by atoms with Gasteiger partial charge in [-0.25, -0.2) is 9.37 Å². The largest absolute Gasteiger partial charge is 0.481 e. The van der Waals surface area contributed by atoms with Crippen molar-refractivity contribution in [3.05, 3.63) is 53.3 Å². The third-order valence-electron chi connectivity index (χ3n) is 3.08. The minimum atomic E-state index is -0.740. The molecule has 0 unspecified atom stereocenters. The smallest absolute Gasteiger partial charge is 0.266 e. The van der Waals surface area contributed by atoms with E-state index < -0.39 is 6.10 Å². The molecule has 0 aliphatic rings. The standard InChI is InChI=1S/C16H12ClFN2O2S/c1-9(22-12-5-3-11(18)4-6-12)15(21)20-16-19-13-7-2-10(17)8-14(13)23-16/h2-9H,1H3,(H,19,20,21)/t9-/m0/s1. The molecule has 7 heteroatoms. The zero-order chi connectivity index (χ0) is 16.4. The number of hydrogen-bond donors (Lipinski definition) is 1. The highest BCUT2D eigenvalue weighted by Gasteiger charge is 2.17. The van der Waals surface area contributed by atoms with Crippen molar-refractivity contribution >= 4 is 44.2 Å². The highest BCUT2D eigenvalue weighted by Crippen LogP contribution is 2.28. The van der Waals surface area contributed by atoms with Gasteiger partial charge in [0.1, 0.15) is 11.6 Å². The van der Waals surface area contributed by atoms with E-state index in [0.29, 0.717) is 15.9 Å². The molecule has 3 aromatic rings. The molecular formula is C16H12ClFN2O2S. The van der Waals surface area contributed by atoms with Gasteiger partial charge in [-0.3, -0.25) is 10.1 Å². The maximum absolute atomic E-state index is 12.8. The molecule has 0 radical (unpaired) electrons. The van der Waals surface area contributed by atoms with Crippen LogP contribution < -0.4 is 10.1 Å². The van der Waals surface area contributed by atoms with E-state index in [2.05, 4.69) is 10.3 Å². The van der Waals surface area contributed by atoms with Crippen LogP contribution in [-0.4, -0.2) is 17.0 Å². The van der Waals surface area contributed by atoms with Crippen LogP contribution in [0.1, 0.15) is 6.92 Å². The van der Waals surface area contributed by atoms with E-state index in [1.54, 1.807) is 25.1 Å². The Labute approximate surface area is 140 Å². The fourth-order valence-corrected chi connectivity index (χ4v) is 3.07. The van der Waals surface area contributed by atoms with Gasteiger partial charge in [-0.1, -0.05) is 22.9 Å². The monoisotopic (exact) mass is 350 g/mol. The predicted octanol–water partition coefficient (Wildman–Crippen LogP) is 4.49. The van der Waals surface area contributed by atoms with E-state index in [-0.39, 0.29) is 11.7 Å². The van der Waals surface area contributed by atoms with Gasteiger partial charge in [0, 0.05) is 5.02 Å². The fourth-order valence-electron chi connectivity index (χ4n) is 1.93. The molecule has 0 bridgehead atoms. The van der Waals surface area contributed by atoms with Crippen molar-refractivity contribution in [2.45, 2.75) is 13.0 Å². The highest BCUT2D eigenvalue weighted by molar-refractivity contribution is 7.22. The van der Waals surface area contributed by atoms with Crippen molar-refractivity contribution in [2.75, 3.05) is 5.32 Å². The van der Waals surface area contributed by atoms with Crippen LogP contribution in [0, 0.1) is 5.82 Å². The first-order chi connectivity index (χ1) is 11.0. The van der Waals surface area contributed by atoms with E-state index >= 15 is 0 Å². The van der Waals surface area contributed by atoms with Crippen LogP contribution in [0.4, 0.5) is 9.52 Å². The van der Waals surface area contributed by atoms with Gasteiger partial charge in [0.25, 0.3) is 5.91 Å². The lowest BCUT2D eigenvalue weighted by Gasteiger charge is -2.13. The minimum absolute atomic E-state index is 0.334. The molecule has 2 aromatic carbocycles. The van der Waals surface area contributed by atoms with Gasteiger partial charge in [0.2, 0.25) is 0 Å². The van der Waals surface area contributed by atoms with Crippen LogP contribution in [0.25, 0.3) is 10.2 Å². The Kier molecular flexibility index (Phi) is 4.45. The quantitative estimate of drug-likeness (QED) is 0.754. The summed E-state index contributed by atoms with van der Waals surface area (Å²) >= 11 is 7.26. The summed E-state index contributed by atoms with van der Waals surface area (Å²) in [4.78, 5) is 16.5. The van der Waals surface area contributed by atoms with Crippen molar-refractivity contribution in [2.24, 2.45) is 0 Å². The fraction of sp³-hybridized carbons (Fsp3) is 0.125. The van der Waals surface area contributed by atoms with Gasteiger partial charge in [-0.15, -0.1) is 0 Å². The summed E-state index contributed by atoms with van der Waals surface area (Å²) < 4.78 is 19.2. The molecule has 0 spiro atoms. The van der Waals surface area contributed by atoms with Crippen LogP contribution in [0.2, 0.25) is 5.02 Å². The van der Waals surface area contributed by atoms with Crippen molar-refractivity contribution in [3.63, 3.8) is 0 Å². The van der Waals surface area contributed by atoms with Crippen molar-refractivity contribution in [1.82, 2.24) is 4.98 Å². The average molecular weight is 351 g/mol. The SMILES string of the molecule is C[C@H](Oc1ccc(F)cc1)C(=O)Nc1nc2ccc(Cl)cc2s1. The number of rotatable bonds is 4. The number of halogens is 2. The van der Waals surface area contributed by atoms with E-state index in [1.807, 2.05) is 0 Å². The summed E-state index contributed by atoms with van der Waals surface area (Å²) in [6.07, 6.45) is -0.740. The first-order valence-electron chi connectivity index (χ1n) is 6.80. The van der Waals surface area contributed by atoms with Crippen molar-refractivity contribution in [3.8, 4) is 5.75 Å². The lowest BCUT2D eigenvalue weighted by atomic mass is 10.3. The Balaban J connectivity index is 1.68. The minimum Gasteiger partial charge on any atom is -0.481 e. The predicted molar refractivity (Wildman–Crippen MR) is 89.7 cm³/mol. The zero-order valence-corrected chi connectivity index (χ0v) is 13.6. The Hall–Kier alpha value is -2.18. The Bertz CT molecular complexity index is 851. The van der Waals surface area contributed by atoms with Gasteiger partial charge in [-0.2, -0.15) is 0 Å². The lowest BCUT2D eigenvalue weighted by Crippen LogP contribution is -2.30. The third-order valence-corrected chi connectivity index (χ3v) is 4.25. The van der Waals surface area contributed by atoms with Crippen LogP contribution in [-0.2, 0) is 4.79 Å². The number of hydrogen-bond acceptors (Lipinski definition) is 4.